The Labute approximate surface area is 97.5 Å². The number of hydrogen-bond acceptors (Lipinski definition) is 3. The van der Waals surface area contributed by atoms with Gasteiger partial charge in [0.15, 0.2) is 5.82 Å². The lowest BCUT2D eigenvalue weighted by Gasteiger charge is -1.92. The molecule has 2 aromatic rings. The van der Waals surface area contributed by atoms with Gasteiger partial charge in [-0.15, -0.1) is 0 Å². The van der Waals surface area contributed by atoms with Gasteiger partial charge in [0.25, 0.3) is 0 Å². The summed E-state index contributed by atoms with van der Waals surface area (Å²) in [5.41, 5.74) is 0.933. The summed E-state index contributed by atoms with van der Waals surface area (Å²) in [7, 11) is 0. The van der Waals surface area contributed by atoms with Crippen molar-refractivity contribution in [3.8, 4) is 11.4 Å². The number of nitrogens with zero attached hydrogens (tertiary/aromatic N) is 2. The Morgan fingerprint density at radius 2 is 2.12 bits per heavy atom. The minimum absolute atomic E-state index is 0.00235. The van der Waals surface area contributed by atoms with Crippen LogP contribution in [0.5, 0.6) is 0 Å². The maximum atomic E-state index is 10.8. The first-order valence-corrected chi connectivity index (χ1v) is 5.46. The molecule has 0 aliphatic heterocycles. The first-order chi connectivity index (χ1) is 8.25. The van der Waals surface area contributed by atoms with Crippen LogP contribution in [0.2, 0.25) is 0 Å². The van der Waals surface area contributed by atoms with Crippen molar-refractivity contribution in [1.82, 2.24) is 15.2 Å². The molecule has 0 spiro atoms. The Morgan fingerprint density at radius 3 is 2.76 bits per heavy atom. The van der Waals surface area contributed by atoms with Crippen molar-refractivity contribution in [2.75, 3.05) is 0 Å². The van der Waals surface area contributed by atoms with Crippen LogP contribution in [0.4, 0.5) is 0 Å². The Morgan fingerprint density at radius 1 is 1.35 bits per heavy atom. The van der Waals surface area contributed by atoms with E-state index in [0.717, 1.165) is 5.56 Å². The van der Waals surface area contributed by atoms with Crippen LogP contribution < -0.4 is 0 Å². The molecule has 0 radical (unpaired) electrons. The van der Waals surface area contributed by atoms with E-state index in [1.807, 2.05) is 30.3 Å². The molecule has 0 bridgehead atoms. The highest BCUT2D eigenvalue weighted by Gasteiger charge is 2.46. The third-order valence-electron chi connectivity index (χ3n) is 2.99. The number of carbonyl (C=O) groups is 1. The summed E-state index contributed by atoms with van der Waals surface area (Å²) < 4.78 is 0. The van der Waals surface area contributed by atoms with Gasteiger partial charge in [-0.1, -0.05) is 30.3 Å². The first-order valence-electron chi connectivity index (χ1n) is 5.46. The predicted molar refractivity (Wildman–Crippen MR) is 60.3 cm³/mol. The number of rotatable bonds is 3. The Bertz CT molecular complexity index is 550. The van der Waals surface area contributed by atoms with Gasteiger partial charge in [-0.3, -0.25) is 9.89 Å². The lowest BCUT2D eigenvalue weighted by atomic mass is 10.2. The summed E-state index contributed by atoms with van der Waals surface area (Å²) in [4.78, 5) is 15.1. The van der Waals surface area contributed by atoms with Crippen molar-refractivity contribution in [2.45, 2.75) is 12.3 Å². The molecule has 1 aromatic carbocycles. The van der Waals surface area contributed by atoms with Crippen LogP contribution in [0.15, 0.2) is 30.3 Å². The number of carboxylic acid groups (broad SMARTS) is 1. The van der Waals surface area contributed by atoms with E-state index in [2.05, 4.69) is 15.2 Å². The average Bonchev–Trinajstić information content (AvgIpc) is 3.01. The standard InChI is InChI=1S/C12H11N3O2/c16-12(17)9-6-8(9)11-13-10(14-15-11)7-4-2-1-3-5-7/h1-5,8-9H,6H2,(H,16,17)(H,13,14,15). The van der Waals surface area contributed by atoms with Gasteiger partial charge in [0.05, 0.1) is 5.92 Å². The zero-order chi connectivity index (χ0) is 11.8. The number of carboxylic acids is 1. The van der Waals surface area contributed by atoms with Gasteiger partial charge < -0.3 is 5.11 Å². The Kier molecular flexibility index (Phi) is 2.18. The van der Waals surface area contributed by atoms with E-state index in [0.29, 0.717) is 18.1 Å². The SMILES string of the molecule is O=C(O)C1CC1c1nc(-c2ccccc2)n[nH]1. The highest BCUT2D eigenvalue weighted by molar-refractivity contribution is 5.74. The molecule has 1 aliphatic rings. The van der Waals surface area contributed by atoms with Gasteiger partial charge >= 0.3 is 5.97 Å². The fourth-order valence-electron chi connectivity index (χ4n) is 1.93. The molecule has 86 valence electrons. The molecule has 2 N–H and O–H groups in total. The number of aromatic amines is 1. The third-order valence-corrected chi connectivity index (χ3v) is 2.99. The number of aliphatic carboxylic acids is 1. The minimum atomic E-state index is -0.757. The molecule has 1 aromatic heterocycles. The topological polar surface area (TPSA) is 78.9 Å². The van der Waals surface area contributed by atoms with Crippen LogP contribution in [0.1, 0.15) is 18.2 Å². The quantitative estimate of drug-likeness (QED) is 0.838. The lowest BCUT2D eigenvalue weighted by molar-refractivity contribution is -0.138. The highest BCUT2D eigenvalue weighted by atomic mass is 16.4. The minimum Gasteiger partial charge on any atom is -0.481 e. The summed E-state index contributed by atoms with van der Waals surface area (Å²) in [5, 5.41) is 15.8. The zero-order valence-corrected chi connectivity index (χ0v) is 9.00. The van der Waals surface area contributed by atoms with Crippen LogP contribution in [-0.2, 0) is 4.79 Å². The van der Waals surface area contributed by atoms with Crippen LogP contribution in [0, 0.1) is 5.92 Å². The number of aromatic nitrogens is 3. The summed E-state index contributed by atoms with van der Waals surface area (Å²) in [6.07, 6.45) is 0.652. The van der Waals surface area contributed by atoms with Gasteiger partial charge in [0.2, 0.25) is 0 Å². The van der Waals surface area contributed by atoms with E-state index in [9.17, 15) is 4.79 Å². The number of nitrogens with one attached hydrogen (secondary N) is 1. The van der Waals surface area contributed by atoms with Crippen LogP contribution in [0.25, 0.3) is 11.4 Å². The van der Waals surface area contributed by atoms with E-state index in [-0.39, 0.29) is 11.8 Å². The molecule has 0 amide bonds. The second kappa shape index (κ2) is 3.69. The van der Waals surface area contributed by atoms with Crippen molar-refractivity contribution >= 4 is 5.97 Å². The number of H-pyrrole nitrogens is 1. The Balaban J connectivity index is 1.83. The normalized spacial score (nSPS) is 22.4. The average molecular weight is 229 g/mol. The van der Waals surface area contributed by atoms with Gasteiger partial charge in [-0.25, -0.2) is 4.98 Å². The van der Waals surface area contributed by atoms with E-state index < -0.39 is 5.97 Å². The summed E-state index contributed by atoms with van der Waals surface area (Å²) in [6, 6.07) is 9.62. The van der Waals surface area contributed by atoms with Crippen molar-refractivity contribution < 1.29 is 9.90 Å². The summed E-state index contributed by atoms with van der Waals surface area (Å²) in [6.45, 7) is 0. The Hall–Kier alpha value is -2.17. The summed E-state index contributed by atoms with van der Waals surface area (Å²) in [5.74, 6) is 0.240. The van der Waals surface area contributed by atoms with Crippen molar-refractivity contribution in [2.24, 2.45) is 5.92 Å². The molecular weight excluding hydrogens is 218 g/mol. The van der Waals surface area contributed by atoms with Gasteiger partial charge in [0, 0.05) is 11.5 Å². The number of hydrogen-bond donors (Lipinski definition) is 2. The monoisotopic (exact) mass is 229 g/mol. The molecule has 2 atom stereocenters. The van der Waals surface area contributed by atoms with E-state index >= 15 is 0 Å². The summed E-state index contributed by atoms with van der Waals surface area (Å²) >= 11 is 0. The van der Waals surface area contributed by atoms with Crippen LogP contribution in [-0.4, -0.2) is 26.3 Å². The first kappa shape index (κ1) is 10.0. The maximum Gasteiger partial charge on any atom is 0.307 e. The van der Waals surface area contributed by atoms with Crippen LogP contribution in [0.3, 0.4) is 0 Å². The highest BCUT2D eigenvalue weighted by Crippen LogP contribution is 2.46. The second-order valence-corrected chi connectivity index (χ2v) is 4.20. The third kappa shape index (κ3) is 1.80. The fourth-order valence-corrected chi connectivity index (χ4v) is 1.93. The molecule has 1 fully saturated rings. The molecule has 5 heteroatoms. The maximum absolute atomic E-state index is 10.8. The molecule has 17 heavy (non-hydrogen) atoms. The molecule has 1 heterocycles. The molecule has 0 saturated heterocycles. The van der Waals surface area contributed by atoms with Gasteiger partial charge in [-0.05, 0) is 6.42 Å². The van der Waals surface area contributed by atoms with E-state index in [4.69, 9.17) is 5.11 Å². The molecule has 1 aliphatic carbocycles. The van der Waals surface area contributed by atoms with E-state index in [1.165, 1.54) is 0 Å². The predicted octanol–water partition coefficient (Wildman–Crippen LogP) is 1.66. The molecule has 3 rings (SSSR count). The van der Waals surface area contributed by atoms with E-state index in [1.54, 1.807) is 0 Å². The molecule has 1 saturated carbocycles. The van der Waals surface area contributed by atoms with Gasteiger partial charge in [-0.2, -0.15) is 5.10 Å². The largest absolute Gasteiger partial charge is 0.481 e. The zero-order valence-electron chi connectivity index (χ0n) is 9.00. The fraction of sp³-hybridized carbons (Fsp3) is 0.250. The smallest absolute Gasteiger partial charge is 0.307 e. The molecular formula is C12H11N3O2. The number of benzene rings is 1. The van der Waals surface area contributed by atoms with Crippen molar-refractivity contribution in [3.05, 3.63) is 36.2 Å². The van der Waals surface area contributed by atoms with Crippen LogP contribution >= 0.6 is 0 Å². The molecule has 5 nitrogen and oxygen atoms in total. The second-order valence-electron chi connectivity index (χ2n) is 4.20. The van der Waals surface area contributed by atoms with Crippen molar-refractivity contribution in [3.63, 3.8) is 0 Å². The van der Waals surface area contributed by atoms with Crippen molar-refractivity contribution in [1.29, 1.82) is 0 Å². The molecule has 2 unspecified atom stereocenters. The van der Waals surface area contributed by atoms with Gasteiger partial charge in [0.1, 0.15) is 5.82 Å². The lowest BCUT2D eigenvalue weighted by Crippen LogP contribution is -1.99.